The van der Waals surface area contributed by atoms with Crippen molar-refractivity contribution in [2.24, 2.45) is 0 Å². The van der Waals surface area contributed by atoms with Gasteiger partial charge in [-0.25, -0.2) is 9.67 Å². The first-order chi connectivity index (χ1) is 7.96. The molecule has 88 valence electrons. The van der Waals surface area contributed by atoms with Crippen LogP contribution in [0.5, 0.6) is 0 Å². The molecule has 1 aromatic carbocycles. The maximum Gasteiger partial charge on any atom is 0.138 e. The lowest BCUT2D eigenvalue weighted by Crippen LogP contribution is -2.46. The monoisotopic (exact) mass is 227 g/mol. The predicted molar refractivity (Wildman–Crippen MR) is 67.4 cm³/mol. The van der Waals surface area contributed by atoms with Gasteiger partial charge in [0.15, 0.2) is 0 Å². The number of hydrogen-bond donors (Lipinski definition) is 0. The van der Waals surface area contributed by atoms with Crippen molar-refractivity contribution in [2.45, 2.75) is 38.5 Å². The van der Waals surface area contributed by atoms with Gasteiger partial charge in [0.05, 0.1) is 5.69 Å². The third kappa shape index (κ3) is 1.11. The second-order valence-corrected chi connectivity index (χ2v) is 5.76. The minimum absolute atomic E-state index is 0.0299. The fourth-order valence-corrected chi connectivity index (χ4v) is 2.65. The highest BCUT2D eigenvalue weighted by molar-refractivity contribution is 5.51. The molecule has 0 saturated heterocycles. The zero-order valence-corrected chi connectivity index (χ0v) is 10.7. The quantitative estimate of drug-likeness (QED) is 0.693. The first-order valence-corrected chi connectivity index (χ1v) is 5.96. The lowest BCUT2D eigenvalue weighted by atomic mass is 9.61. The number of para-hydroxylation sites is 1. The normalized spacial score (nSPS) is 19.5. The molecular formula is C14H17N3. The van der Waals surface area contributed by atoms with Gasteiger partial charge in [-0.2, -0.15) is 5.10 Å². The van der Waals surface area contributed by atoms with Crippen molar-refractivity contribution in [1.29, 1.82) is 0 Å². The second-order valence-electron chi connectivity index (χ2n) is 5.76. The molecule has 3 rings (SSSR count). The topological polar surface area (TPSA) is 30.7 Å². The Kier molecular flexibility index (Phi) is 1.84. The van der Waals surface area contributed by atoms with Gasteiger partial charge in [0.1, 0.15) is 12.2 Å². The smallest absolute Gasteiger partial charge is 0.138 e. The van der Waals surface area contributed by atoms with Gasteiger partial charge >= 0.3 is 0 Å². The largest absolute Gasteiger partial charge is 0.219 e. The van der Waals surface area contributed by atoms with E-state index in [0.717, 1.165) is 11.5 Å². The molecule has 0 saturated carbocycles. The third-order valence-electron chi connectivity index (χ3n) is 4.47. The molecule has 0 amide bonds. The summed E-state index contributed by atoms with van der Waals surface area (Å²) in [6.07, 6.45) is 1.65. The van der Waals surface area contributed by atoms with Gasteiger partial charge in [0.2, 0.25) is 0 Å². The predicted octanol–water partition coefficient (Wildman–Crippen LogP) is 2.84. The van der Waals surface area contributed by atoms with Crippen LogP contribution < -0.4 is 0 Å². The highest BCUT2D eigenvalue weighted by atomic mass is 15.3. The lowest BCUT2D eigenvalue weighted by Gasteiger charge is -2.45. The van der Waals surface area contributed by atoms with Crippen molar-refractivity contribution in [2.75, 3.05) is 0 Å². The van der Waals surface area contributed by atoms with Crippen LogP contribution in [-0.4, -0.2) is 14.8 Å². The first kappa shape index (κ1) is 10.5. The molecule has 3 nitrogen and oxygen atoms in total. The Bertz CT molecular complexity index is 579. The standard InChI is InChI=1S/C14H17N3/c1-13(2)10-7-5-6-8-11(10)17-12(14(13,3)4)15-9-16-17/h5-9H,1-4H3. The molecule has 0 atom stereocenters. The Morgan fingerprint density at radius 2 is 1.71 bits per heavy atom. The Morgan fingerprint density at radius 3 is 2.47 bits per heavy atom. The molecule has 2 heterocycles. The molecule has 1 aliphatic heterocycles. The maximum atomic E-state index is 4.46. The molecular weight excluding hydrogens is 210 g/mol. The number of rotatable bonds is 0. The molecule has 1 aliphatic rings. The van der Waals surface area contributed by atoms with E-state index >= 15 is 0 Å². The minimum atomic E-state index is -0.0299. The number of benzene rings is 1. The van der Waals surface area contributed by atoms with Gasteiger partial charge < -0.3 is 0 Å². The summed E-state index contributed by atoms with van der Waals surface area (Å²) < 4.78 is 1.97. The molecule has 2 aromatic rings. The van der Waals surface area contributed by atoms with E-state index in [0.29, 0.717) is 0 Å². The average Bonchev–Trinajstić information content (AvgIpc) is 2.77. The van der Waals surface area contributed by atoms with Crippen molar-refractivity contribution >= 4 is 0 Å². The molecule has 1 aromatic heterocycles. The van der Waals surface area contributed by atoms with Gasteiger partial charge in [-0.05, 0) is 11.6 Å². The summed E-state index contributed by atoms with van der Waals surface area (Å²) in [5, 5.41) is 4.36. The SMILES string of the molecule is CC1(C)c2ccccc2-n2ncnc2C1(C)C. The fraction of sp³-hybridized carbons (Fsp3) is 0.429. The van der Waals surface area contributed by atoms with E-state index in [1.165, 1.54) is 5.56 Å². The molecule has 0 bridgehead atoms. The molecule has 0 aliphatic carbocycles. The van der Waals surface area contributed by atoms with Gasteiger partial charge in [-0.3, -0.25) is 0 Å². The van der Waals surface area contributed by atoms with Crippen LogP contribution in [0, 0.1) is 0 Å². The molecule has 0 unspecified atom stereocenters. The molecule has 3 heteroatoms. The molecule has 0 radical (unpaired) electrons. The van der Waals surface area contributed by atoms with E-state index in [1.54, 1.807) is 6.33 Å². The van der Waals surface area contributed by atoms with E-state index in [9.17, 15) is 0 Å². The second kappa shape index (κ2) is 2.97. The summed E-state index contributed by atoms with van der Waals surface area (Å²) in [5.41, 5.74) is 2.51. The Balaban J connectivity index is 2.42. The van der Waals surface area contributed by atoms with Gasteiger partial charge in [0, 0.05) is 10.8 Å². The Hall–Kier alpha value is -1.64. The highest BCUT2D eigenvalue weighted by Crippen LogP contribution is 2.48. The summed E-state index contributed by atoms with van der Waals surface area (Å²) in [7, 11) is 0. The number of hydrogen-bond acceptors (Lipinski definition) is 2. The van der Waals surface area contributed by atoms with Gasteiger partial charge in [-0.1, -0.05) is 45.9 Å². The van der Waals surface area contributed by atoms with E-state index in [2.05, 4.69) is 62.0 Å². The molecule has 17 heavy (non-hydrogen) atoms. The van der Waals surface area contributed by atoms with E-state index in [4.69, 9.17) is 0 Å². The lowest BCUT2D eigenvalue weighted by molar-refractivity contribution is 0.268. The van der Waals surface area contributed by atoms with Crippen molar-refractivity contribution in [1.82, 2.24) is 14.8 Å². The molecule has 0 N–H and O–H groups in total. The third-order valence-corrected chi connectivity index (χ3v) is 4.47. The van der Waals surface area contributed by atoms with Crippen LogP contribution in [0.2, 0.25) is 0 Å². The Morgan fingerprint density at radius 1 is 1.00 bits per heavy atom. The van der Waals surface area contributed by atoms with E-state index < -0.39 is 0 Å². The van der Waals surface area contributed by atoms with Gasteiger partial charge in [0.25, 0.3) is 0 Å². The van der Waals surface area contributed by atoms with E-state index in [-0.39, 0.29) is 10.8 Å². The zero-order chi connectivity index (χ0) is 12.3. The summed E-state index contributed by atoms with van der Waals surface area (Å²) in [4.78, 5) is 4.46. The highest BCUT2D eigenvalue weighted by Gasteiger charge is 2.47. The van der Waals surface area contributed by atoms with Crippen LogP contribution >= 0.6 is 0 Å². The summed E-state index contributed by atoms with van der Waals surface area (Å²) in [6, 6.07) is 8.46. The average molecular weight is 227 g/mol. The van der Waals surface area contributed by atoms with E-state index in [1.807, 2.05) is 4.68 Å². The fourth-order valence-electron chi connectivity index (χ4n) is 2.65. The van der Waals surface area contributed by atoms with Crippen molar-refractivity contribution in [3.8, 4) is 5.69 Å². The van der Waals surface area contributed by atoms with Crippen LogP contribution in [0.4, 0.5) is 0 Å². The van der Waals surface area contributed by atoms with Crippen molar-refractivity contribution in [3.63, 3.8) is 0 Å². The summed E-state index contributed by atoms with van der Waals surface area (Å²) in [6.45, 7) is 9.04. The molecule has 0 spiro atoms. The summed E-state index contributed by atoms with van der Waals surface area (Å²) >= 11 is 0. The van der Waals surface area contributed by atoms with Gasteiger partial charge in [-0.15, -0.1) is 0 Å². The zero-order valence-electron chi connectivity index (χ0n) is 10.7. The number of fused-ring (bicyclic) bond motifs is 3. The van der Waals surface area contributed by atoms with Crippen LogP contribution in [0.3, 0.4) is 0 Å². The number of nitrogens with zero attached hydrogens (tertiary/aromatic N) is 3. The number of aromatic nitrogens is 3. The Labute approximate surface area is 101 Å². The van der Waals surface area contributed by atoms with Crippen LogP contribution in [0.15, 0.2) is 30.6 Å². The van der Waals surface area contributed by atoms with Crippen LogP contribution in [-0.2, 0) is 10.8 Å². The first-order valence-electron chi connectivity index (χ1n) is 5.96. The van der Waals surface area contributed by atoms with Crippen LogP contribution in [0.25, 0.3) is 5.69 Å². The van der Waals surface area contributed by atoms with Crippen LogP contribution in [0.1, 0.15) is 39.1 Å². The van der Waals surface area contributed by atoms with Crippen molar-refractivity contribution < 1.29 is 0 Å². The summed E-state index contributed by atoms with van der Waals surface area (Å²) in [5.74, 6) is 1.04. The maximum absolute atomic E-state index is 4.46. The minimum Gasteiger partial charge on any atom is -0.219 e. The molecule has 0 fully saturated rings. The van der Waals surface area contributed by atoms with Crippen molar-refractivity contribution in [3.05, 3.63) is 42.0 Å².